The van der Waals surface area contributed by atoms with Gasteiger partial charge in [0.25, 0.3) is 0 Å². The first-order valence-corrected chi connectivity index (χ1v) is 7.11. The Morgan fingerprint density at radius 2 is 1.50 bits per heavy atom. The van der Waals surface area contributed by atoms with Gasteiger partial charge >= 0.3 is 29.6 Å². The van der Waals surface area contributed by atoms with Gasteiger partial charge in [-0.1, -0.05) is 32.1 Å². The van der Waals surface area contributed by atoms with Crippen molar-refractivity contribution >= 4 is 10.1 Å². The summed E-state index contributed by atoms with van der Waals surface area (Å²) in [4.78, 5) is 0. The molecule has 1 N–H and O–H groups in total. The van der Waals surface area contributed by atoms with E-state index in [9.17, 15) is 13.0 Å². The molecule has 0 aromatic carbocycles. The molecule has 0 fully saturated rings. The number of aliphatic hydroxyl groups is 1. The van der Waals surface area contributed by atoms with Crippen molar-refractivity contribution in [1.82, 2.24) is 0 Å². The molecular weight excluding hydrogens is 239 g/mol. The molecule has 0 aromatic heterocycles. The van der Waals surface area contributed by atoms with Gasteiger partial charge in [-0.2, -0.15) is 0 Å². The van der Waals surface area contributed by atoms with Crippen LogP contribution < -0.4 is 29.6 Å². The molecule has 1 unspecified atom stereocenters. The fourth-order valence-corrected chi connectivity index (χ4v) is 1.98. The van der Waals surface area contributed by atoms with E-state index in [1.54, 1.807) is 6.92 Å². The summed E-state index contributed by atoms with van der Waals surface area (Å²) in [6.45, 7) is 1.78. The van der Waals surface area contributed by atoms with Crippen LogP contribution in [0.25, 0.3) is 0 Å². The fraction of sp³-hybridized carbons (Fsp3) is 1.00. The Morgan fingerprint density at radius 3 is 1.94 bits per heavy atom. The zero-order valence-electron chi connectivity index (χ0n) is 10.3. The van der Waals surface area contributed by atoms with E-state index >= 15 is 0 Å². The Bertz CT molecular complexity index is 239. The maximum absolute atomic E-state index is 10.3. The molecule has 0 spiro atoms. The molecule has 0 saturated carbocycles. The minimum absolute atomic E-state index is 0. The second-order valence-electron chi connectivity index (χ2n) is 4.02. The monoisotopic (exact) mass is 260 g/mol. The van der Waals surface area contributed by atoms with E-state index in [-0.39, 0.29) is 41.4 Å². The summed E-state index contributed by atoms with van der Waals surface area (Å²) in [5.74, 6) is -0.235. The molecule has 0 aliphatic rings. The van der Waals surface area contributed by atoms with Gasteiger partial charge in [-0.3, -0.25) is 0 Å². The minimum atomic E-state index is -4.02. The van der Waals surface area contributed by atoms with Gasteiger partial charge in [0.1, 0.15) is 0 Å². The number of hydrogen-bond donors (Lipinski definition) is 1. The maximum Gasteiger partial charge on any atom is 1.00 e. The Labute approximate surface area is 121 Å². The van der Waals surface area contributed by atoms with Crippen LogP contribution in [-0.2, 0) is 10.1 Å². The van der Waals surface area contributed by atoms with Gasteiger partial charge in [0, 0.05) is 5.75 Å². The van der Waals surface area contributed by atoms with Gasteiger partial charge in [-0.15, -0.1) is 0 Å². The molecule has 0 aliphatic heterocycles. The SMILES string of the molecule is CC(O)CCCCCCCCS(=O)(=O)[O-].[Na+]. The number of rotatable bonds is 9. The molecular formula is C10H21NaO4S. The molecule has 6 heteroatoms. The number of unbranched alkanes of at least 4 members (excludes halogenated alkanes) is 5. The number of hydrogen-bond acceptors (Lipinski definition) is 4. The Hall–Kier alpha value is 0.870. The third-order valence-corrected chi connectivity index (χ3v) is 3.05. The summed E-state index contributed by atoms with van der Waals surface area (Å²) >= 11 is 0. The van der Waals surface area contributed by atoms with Gasteiger partial charge in [-0.25, -0.2) is 8.42 Å². The Kier molecular flexibility index (Phi) is 13.2. The van der Waals surface area contributed by atoms with Crippen LogP contribution in [0.4, 0.5) is 0 Å². The first kappa shape index (κ1) is 19.2. The molecule has 92 valence electrons. The largest absolute Gasteiger partial charge is 1.00 e. The topological polar surface area (TPSA) is 77.4 Å². The normalized spacial score (nSPS) is 13.2. The van der Waals surface area contributed by atoms with Gasteiger partial charge in [-0.05, 0) is 19.8 Å². The number of aliphatic hydroxyl groups excluding tert-OH is 1. The third kappa shape index (κ3) is 17.3. The van der Waals surface area contributed by atoms with Crippen LogP contribution in [0.5, 0.6) is 0 Å². The summed E-state index contributed by atoms with van der Waals surface area (Å²) in [6.07, 6.45) is 5.97. The van der Waals surface area contributed by atoms with Crippen LogP contribution in [0.1, 0.15) is 51.9 Å². The zero-order chi connectivity index (χ0) is 11.7. The fourth-order valence-electron chi connectivity index (χ4n) is 1.43. The van der Waals surface area contributed by atoms with Crippen molar-refractivity contribution in [3.8, 4) is 0 Å². The van der Waals surface area contributed by atoms with Crippen LogP contribution in [-0.4, -0.2) is 29.9 Å². The van der Waals surface area contributed by atoms with Gasteiger partial charge in [0.2, 0.25) is 0 Å². The van der Waals surface area contributed by atoms with Gasteiger partial charge in [0.05, 0.1) is 16.2 Å². The van der Waals surface area contributed by atoms with Crippen molar-refractivity contribution in [2.75, 3.05) is 5.75 Å². The predicted octanol–water partition coefficient (Wildman–Crippen LogP) is -1.35. The van der Waals surface area contributed by atoms with Crippen molar-refractivity contribution in [2.45, 2.75) is 58.0 Å². The van der Waals surface area contributed by atoms with E-state index in [1.165, 1.54) is 0 Å². The van der Waals surface area contributed by atoms with Crippen molar-refractivity contribution < 1.29 is 47.6 Å². The average molecular weight is 260 g/mol. The first-order chi connectivity index (χ1) is 6.92. The summed E-state index contributed by atoms with van der Waals surface area (Å²) in [5.41, 5.74) is 0. The molecule has 0 saturated heterocycles. The van der Waals surface area contributed by atoms with E-state index < -0.39 is 10.1 Å². The molecule has 16 heavy (non-hydrogen) atoms. The first-order valence-electron chi connectivity index (χ1n) is 5.53. The molecule has 0 radical (unpaired) electrons. The van der Waals surface area contributed by atoms with Crippen molar-refractivity contribution in [3.05, 3.63) is 0 Å². The van der Waals surface area contributed by atoms with Crippen LogP contribution in [0.15, 0.2) is 0 Å². The smallest absolute Gasteiger partial charge is 0.748 e. The minimum Gasteiger partial charge on any atom is -0.748 e. The van der Waals surface area contributed by atoms with E-state index in [0.29, 0.717) is 6.42 Å². The van der Waals surface area contributed by atoms with Gasteiger partial charge in [0.15, 0.2) is 0 Å². The molecule has 1 atom stereocenters. The molecule has 0 aromatic rings. The molecule has 0 heterocycles. The van der Waals surface area contributed by atoms with Crippen molar-refractivity contribution in [2.24, 2.45) is 0 Å². The summed E-state index contributed by atoms with van der Waals surface area (Å²) in [7, 11) is -4.02. The Balaban J connectivity index is 0. The summed E-state index contributed by atoms with van der Waals surface area (Å²) in [6, 6.07) is 0. The van der Waals surface area contributed by atoms with Crippen LogP contribution in [0.3, 0.4) is 0 Å². The molecule has 0 bridgehead atoms. The van der Waals surface area contributed by atoms with Gasteiger partial charge < -0.3 is 9.66 Å². The van der Waals surface area contributed by atoms with Crippen LogP contribution in [0, 0.1) is 0 Å². The van der Waals surface area contributed by atoms with Crippen LogP contribution in [0.2, 0.25) is 0 Å². The van der Waals surface area contributed by atoms with Crippen molar-refractivity contribution in [3.63, 3.8) is 0 Å². The standard InChI is InChI=1S/C10H22O4S.Na/c1-10(11)8-6-4-2-3-5-7-9-15(12,13)14;/h10-11H,2-9H2,1H3,(H,12,13,14);/q;+1/p-1. The van der Waals surface area contributed by atoms with Crippen molar-refractivity contribution in [1.29, 1.82) is 0 Å². The molecule has 0 amide bonds. The second-order valence-corrected chi connectivity index (χ2v) is 5.54. The predicted molar refractivity (Wildman–Crippen MR) is 58.6 cm³/mol. The van der Waals surface area contributed by atoms with E-state index in [2.05, 4.69) is 0 Å². The average Bonchev–Trinajstić information content (AvgIpc) is 2.07. The Morgan fingerprint density at radius 1 is 1.06 bits per heavy atom. The summed E-state index contributed by atoms with van der Waals surface area (Å²) < 4.78 is 30.8. The quantitative estimate of drug-likeness (QED) is 0.316. The molecule has 0 aliphatic carbocycles. The summed E-state index contributed by atoms with van der Waals surface area (Å²) in [5, 5.41) is 8.98. The third-order valence-electron chi connectivity index (χ3n) is 2.27. The van der Waals surface area contributed by atoms with E-state index in [0.717, 1.165) is 38.5 Å². The zero-order valence-corrected chi connectivity index (χ0v) is 13.1. The molecule has 0 rings (SSSR count). The van der Waals surface area contributed by atoms with Crippen LogP contribution >= 0.6 is 0 Å². The molecule has 4 nitrogen and oxygen atoms in total. The maximum atomic E-state index is 10.3. The van der Waals surface area contributed by atoms with E-state index in [1.807, 2.05) is 0 Å². The van der Waals surface area contributed by atoms with E-state index in [4.69, 9.17) is 5.11 Å². The second kappa shape index (κ2) is 11.0.